The molecule has 12 atom stereocenters. The van der Waals surface area contributed by atoms with E-state index >= 15 is 0 Å². The van der Waals surface area contributed by atoms with E-state index in [0.29, 0.717) is 54.1 Å². The van der Waals surface area contributed by atoms with Crippen LogP contribution >= 0.6 is 23.2 Å². The van der Waals surface area contributed by atoms with Crippen LogP contribution in [-0.4, -0.2) is 96.2 Å². The van der Waals surface area contributed by atoms with E-state index in [4.69, 9.17) is 51.6 Å². The molecule has 0 saturated carbocycles. The van der Waals surface area contributed by atoms with Crippen molar-refractivity contribution in [1.82, 2.24) is 0 Å². The first kappa shape index (κ1) is 46.7. The topological polar surface area (TPSA) is 136 Å². The summed E-state index contributed by atoms with van der Waals surface area (Å²) in [4.78, 5) is 0. The van der Waals surface area contributed by atoms with Gasteiger partial charge in [-0.2, -0.15) is 0 Å². The Hall–Kier alpha value is -3.26. The zero-order chi connectivity index (χ0) is 43.9. The molecule has 10 nitrogen and oxygen atoms in total. The summed E-state index contributed by atoms with van der Waals surface area (Å²) in [6.45, 7) is 11.6. The lowest BCUT2D eigenvalue weighted by atomic mass is 9.74. The van der Waals surface area contributed by atoms with Crippen LogP contribution in [0.4, 0.5) is 0 Å². The van der Waals surface area contributed by atoms with E-state index in [1.165, 1.54) is 11.1 Å². The molecule has 4 aliphatic heterocycles. The van der Waals surface area contributed by atoms with Gasteiger partial charge in [0.2, 0.25) is 0 Å². The normalized spacial score (nSPS) is 31.0. The Morgan fingerprint density at radius 1 is 0.581 bits per heavy atom. The van der Waals surface area contributed by atoms with Crippen molar-refractivity contribution >= 4 is 23.2 Å². The highest BCUT2D eigenvalue weighted by Gasteiger charge is 2.44. The van der Waals surface area contributed by atoms with Crippen LogP contribution in [0.15, 0.2) is 84.9 Å². The molecule has 8 rings (SSSR count). The summed E-state index contributed by atoms with van der Waals surface area (Å²) < 4.78 is 34.8. The third-order valence-electron chi connectivity index (χ3n) is 13.2. The van der Waals surface area contributed by atoms with Crippen LogP contribution in [0.3, 0.4) is 0 Å². The number of ether oxygens (including phenoxy) is 6. The highest BCUT2D eigenvalue weighted by molar-refractivity contribution is 6.31. The minimum atomic E-state index is -1.42. The van der Waals surface area contributed by atoms with Gasteiger partial charge < -0.3 is 48.8 Å². The molecular formula is C50H62Cl2O10. The highest BCUT2D eigenvalue weighted by Crippen LogP contribution is 2.44. The van der Waals surface area contributed by atoms with Crippen LogP contribution in [0.5, 0.6) is 11.5 Å². The fourth-order valence-corrected chi connectivity index (χ4v) is 9.35. The minimum Gasteiger partial charge on any atom is -0.488 e. The number of halogens is 2. The van der Waals surface area contributed by atoms with Crippen LogP contribution < -0.4 is 9.47 Å². The van der Waals surface area contributed by atoms with Crippen molar-refractivity contribution in [2.45, 2.75) is 115 Å². The van der Waals surface area contributed by atoms with Gasteiger partial charge in [-0.05, 0) is 107 Å². The van der Waals surface area contributed by atoms with E-state index in [9.17, 15) is 20.4 Å². The van der Waals surface area contributed by atoms with Gasteiger partial charge in [-0.3, -0.25) is 0 Å². The molecule has 0 amide bonds. The summed E-state index contributed by atoms with van der Waals surface area (Å²) in [6.07, 6.45) is -1.04. The van der Waals surface area contributed by atoms with Crippen molar-refractivity contribution in [2.24, 2.45) is 17.8 Å². The SMILES string of the molecule is CC[C@H]1O[C@@H](c2ccc(Cl)c(Cc3ccc(O[C@H]4CCOC4)cc3)c2)[C@H](C)[C@@H](C)[C@@H]1C.OC[C@H]1O[C@@H](c2ccc(Cl)c(Cc3ccc(O[C@H]4CCOC4)cc3)c2)[C@H](O)[C@@H](O)[C@@H]1O. The van der Waals surface area contributed by atoms with Gasteiger partial charge in [0.1, 0.15) is 54.2 Å². The largest absolute Gasteiger partial charge is 0.488 e. The van der Waals surface area contributed by atoms with Crippen molar-refractivity contribution in [3.63, 3.8) is 0 Å². The number of aliphatic hydroxyl groups excluding tert-OH is 4. The van der Waals surface area contributed by atoms with Gasteiger partial charge in [0, 0.05) is 22.9 Å². The van der Waals surface area contributed by atoms with Crippen LogP contribution in [0.25, 0.3) is 0 Å². The molecule has 4 aromatic carbocycles. The van der Waals surface area contributed by atoms with Gasteiger partial charge >= 0.3 is 0 Å². The molecule has 62 heavy (non-hydrogen) atoms. The van der Waals surface area contributed by atoms with E-state index in [0.717, 1.165) is 72.1 Å². The summed E-state index contributed by atoms with van der Waals surface area (Å²) in [5, 5.41) is 41.3. The first-order chi connectivity index (χ1) is 29.9. The third-order valence-corrected chi connectivity index (χ3v) is 13.9. The number of hydrogen-bond donors (Lipinski definition) is 4. The molecule has 0 aliphatic carbocycles. The Balaban J connectivity index is 0.000000186. The molecule has 0 radical (unpaired) electrons. The van der Waals surface area contributed by atoms with Crippen LogP contribution in [-0.2, 0) is 31.8 Å². The summed E-state index contributed by atoms with van der Waals surface area (Å²) in [5.41, 5.74) is 6.08. The summed E-state index contributed by atoms with van der Waals surface area (Å²) in [5.74, 6) is 3.38. The average Bonchev–Trinajstić information content (AvgIpc) is 4.01. The Morgan fingerprint density at radius 2 is 1.06 bits per heavy atom. The van der Waals surface area contributed by atoms with Crippen molar-refractivity contribution in [2.75, 3.05) is 33.0 Å². The number of benzene rings is 4. The van der Waals surface area contributed by atoms with Crippen LogP contribution in [0.2, 0.25) is 10.0 Å². The molecule has 4 aromatic rings. The van der Waals surface area contributed by atoms with Crippen molar-refractivity contribution in [3.8, 4) is 11.5 Å². The second-order valence-corrected chi connectivity index (χ2v) is 18.2. The summed E-state index contributed by atoms with van der Waals surface area (Å²) >= 11 is 13.0. The molecular weight excluding hydrogens is 831 g/mol. The van der Waals surface area contributed by atoms with Gasteiger partial charge in [-0.1, -0.05) is 99.4 Å². The number of rotatable bonds is 12. The van der Waals surface area contributed by atoms with Crippen molar-refractivity contribution < 1.29 is 48.8 Å². The maximum Gasteiger partial charge on any atom is 0.124 e. The Labute approximate surface area is 376 Å². The lowest BCUT2D eigenvalue weighted by Gasteiger charge is -2.44. The average molecular weight is 894 g/mol. The molecule has 4 saturated heterocycles. The Morgan fingerprint density at radius 3 is 1.52 bits per heavy atom. The number of hydrogen-bond acceptors (Lipinski definition) is 10. The standard InChI is InChI=1S/C27H35ClO3.C23H27ClO7/c1-5-26-18(3)17(2)19(4)27(31-26)21-8-11-25(28)22(15-21)14-20-6-9-23(10-7-20)30-24-12-13-29-16-24;24-18-6-3-14(23-22(28)21(27)20(26)19(11-25)31-23)10-15(18)9-13-1-4-16(5-2-13)30-17-7-8-29-12-17/h6-11,15,17-19,24,26-27H,5,12-14,16H2,1-4H3;1-6,10,17,19-23,25-28H,7-9,11-12H2/t17-,18-,19+,24-,26+,27+;17-,19+,20+,21-,22+,23-/m00/s1. The summed E-state index contributed by atoms with van der Waals surface area (Å²) in [6, 6.07) is 27.8. The second kappa shape index (κ2) is 21.6. The summed E-state index contributed by atoms with van der Waals surface area (Å²) in [7, 11) is 0. The molecule has 4 aliphatic rings. The lowest BCUT2D eigenvalue weighted by molar-refractivity contribution is -0.231. The Bertz CT molecular complexity index is 1870. The first-order valence-electron chi connectivity index (χ1n) is 22.1. The predicted octanol–water partition coefficient (Wildman–Crippen LogP) is 8.47. The molecule has 336 valence electrons. The third kappa shape index (κ3) is 11.3. The van der Waals surface area contributed by atoms with Crippen molar-refractivity contribution in [3.05, 3.63) is 128 Å². The maximum atomic E-state index is 10.4. The van der Waals surface area contributed by atoms with Crippen LogP contribution in [0.1, 0.15) is 92.5 Å². The maximum absolute atomic E-state index is 10.4. The van der Waals surface area contributed by atoms with Gasteiger partial charge in [0.05, 0.1) is 45.2 Å². The van der Waals surface area contributed by atoms with Crippen LogP contribution in [0, 0.1) is 17.8 Å². The highest BCUT2D eigenvalue weighted by atomic mass is 35.5. The van der Waals surface area contributed by atoms with E-state index in [-0.39, 0.29) is 18.3 Å². The zero-order valence-corrected chi connectivity index (χ0v) is 37.6. The van der Waals surface area contributed by atoms with Crippen molar-refractivity contribution in [1.29, 1.82) is 0 Å². The minimum absolute atomic E-state index is 0.0931. The molecule has 0 unspecified atom stereocenters. The van der Waals surface area contributed by atoms with E-state index < -0.39 is 37.1 Å². The zero-order valence-electron chi connectivity index (χ0n) is 36.1. The first-order valence-corrected chi connectivity index (χ1v) is 22.9. The Kier molecular flexibility index (Phi) is 16.3. The molecule has 0 aromatic heterocycles. The monoisotopic (exact) mass is 892 g/mol. The quantitative estimate of drug-likeness (QED) is 0.110. The van der Waals surface area contributed by atoms with Gasteiger partial charge in [-0.15, -0.1) is 0 Å². The van der Waals surface area contributed by atoms with Gasteiger partial charge in [0.25, 0.3) is 0 Å². The van der Waals surface area contributed by atoms with Gasteiger partial charge in [0.15, 0.2) is 0 Å². The van der Waals surface area contributed by atoms with E-state index in [1.807, 2.05) is 48.5 Å². The van der Waals surface area contributed by atoms with E-state index in [1.54, 1.807) is 12.1 Å². The number of aliphatic hydroxyl groups is 4. The molecule has 12 heteroatoms. The van der Waals surface area contributed by atoms with E-state index in [2.05, 4.69) is 52.0 Å². The molecule has 0 spiro atoms. The molecule has 4 N–H and O–H groups in total. The fourth-order valence-electron chi connectivity index (χ4n) is 8.98. The smallest absolute Gasteiger partial charge is 0.124 e. The van der Waals surface area contributed by atoms with Gasteiger partial charge in [-0.25, -0.2) is 0 Å². The molecule has 4 heterocycles. The molecule has 0 bridgehead atoms. The fraction of sp³-hybridized carbons (Fsp3) is 0.520. The predicted molar refractivity (Wildman–Crippen MR) is 239 cm³/mol. The second-order valence-electron chi connectivity index (χ2n) is 17.4. The molecule has 4 fully saturated rings. The lowest BCUT2D eigenvalue weighted by Crippen LogP contribution is -2.55.